The number of ether oxygens (including phenoxy) is 2. The zero-order chi connectivity index (χ0) is 11.6. The molecule has 1 aliphatic rings. The number of hydrogen-bond donors (Lipinski definition) is 1. The second kappa shape index (κ2) is 8.93. The van der Waals surface area contributed by atoms with E-state index in [2.05, 4.69) is 17.1 Å². The molecule has 0 aromatic rings. The highest BCUT2D eigenvalue weighted by atomic mass is 16.5. The molecule has 4 heteroatoms. The second-order valence-corrected chi connectivity index (χ2v) is 4.28. The minimum Gasteiger partial charge on any atom is -0.382 e. The van der Waals surface area contributed by atoms with Crippen LogP contribution in [0.3, 0.4) is 0 Å². The summed E-state index contributed by atoms with van der Waals surface area (Å²) in [7, 11) is 0. The van der Waals surface area contributed by atoms with E-state index >= 15 is 0 Å². The molecule has 1 fully saturated rings. The van der Waals surface area contributed by atoms with Crippen molar-refractivity contribution in [1.29, 1.82) is 0 Å². The molecule has 1 saturated heterocycles. The van der Waals surface area contributed by atoms with Crippen molar-refractivity contribution in [3.63, 3.8) is 0 Å². The summed E-state index contributed by atoms with van der Waals surface area (Å²) in [6, 6.07) is 0. The maximum Gasteiger partial charge on any atom is 0.0674 e. The third kappa shape index (κ3) is 6.43. The minimum absolute atomic E-state index is 0.395. The zero-order valence-corrected chi connectivity index (χ0v) is 10.7. The van der Waals surface area contributed by atoms with Gasteiger partial charge in [0.15, 0.2) is 0 Å². The number of nitrogens with zero attached hydrogens (tertiary/aromatic N) is 1. The standard InChI is InChI=1S/C12H26N2O2/c1-3-15-9-4-5-13-6-7-14-8-10-16-12(2)11-14/h12-13H,3-11H2,1-2H3. The first-order valence-corrected chi connectivity index (χ1v) is 6.45. The van der Waals surface area contributed by atoms with Crippen molar-refractivity contribution in [3.8, 4) is 0 Å². The van der Waals surface area contributed by atoms with Crippen molar-refractivity contribution >= 4 is 0 Å². The van der Waals surface area contributed by atoms with Gasteiger partial charge in [0, 0.05) is 39.4 Å². The average Bonchev–Trinajstić information content (AvgIpc) is 2.28. The van der Waals surface area contributed by atoms with Gasteiger partial charge in [0.1, 0.15) is 0 Å². The predicted octanol–water partition coefficient (Wildman–Crippen LogP) is 0.723. The third-order valence-corrected chi connectivity index (χ3v) is 2.78. The van der Waals surface area contributed by atoms with Crippen LogP contribution < -0.4 is 5.32 Å². The van der Waals surface area contributed by atoms with Gasteiger partial charge in [-0.3, -0.25) is 4.90 Å². The van der Waals surface area contributed by atoms with Crippen LogP contribution in [0, 0.1) is 0 Å². The molecule has 0 aliphatic carbocycles. The molecule has 0 aromatic heterocycles. The van der Waals surface area contributed by atoms with Gasteiger partial charge in [-0.1, -0.05) is 0 Å². The quantitative estimate of drug-likeness (QED) is 0.623. The fraction of sp³-hybridized carbons (Fsp3) is 1.00. The second-order valence-electron chi connectivity index (χ2n) is 4.28. The summed E-state index contributed by atoms with van der Waals surface area (Å²) in [6.45, 7) is 12.1. The Morgan fingerprint density at radius 1 is 1.44 bits per heavy atom. The van der Waals surface area contributed by atoms with Gasteiger partial charge < -0.3 is 14.8 Å². The van der Waals surface area contributed by atoms with E-state index in [-0.39, 0.29) is 0 Å². The van der Waals surface area contributed by atoms with E-state index in [4.69, 9.17) is 9.47 Å². The Bertz CT molecular complexity index is 167. The lowest BCUT2D eigenvalue weighted by molar-refractivity contribution is -0.0176. The van der Waals surface area contributed by atoms with Crippen LogP contribution in [0.15, 0.2) is 0 Å². The summed E-state index contributed by atoms with van der Waals surface area (Å²) in [4.78, 5) is 2.46. The van der Waals surface area contributed by atoms with Crippen LogP contribution in [-0.2, 0) is 9.47 Å². The van der Waals surface area contributed by atoms with Crippen LogP contribution in [0.4, 0.5) is 0 Å². The molecular formula is C12H26N2O2. The average molecular weight is 230 g/mol. The smallest absolute Gasteiger partial charge is 0.0674 e. The van der Waals surface area contributed by atoms with Crippen LogP contribution in [0.5, 0.6) is 0 Å². The Kier molecular flexibility index (Phi) is 7.76. The summed E-state index contributed by atoms with van der Waals surface area (Å²) >= 11 is 0. The predicted molar refractivity (Wildman–Crippen MR) is 65.8 cm³/mol. The maximum atomic E-state index is 5.50. The molecule has 0 radical (unpaired) electrons. The van der Waals surface area contributed by atoms with Gasteiger partial charge in [0.25, 0.3) is 0 Å². The lowest BCUT2D eigenvalue weighted by atomic mass is 10.3. The van der Waals surface area contributed by atoms with E-state index < -0.39 is 0 Å². The molecule has 96 valence electrons. The number of morpholine rings is 1. The highest BCUT2D eigenvalue weighted by Gasteiger charge is 2.15. The maximum absolute atomic E-state index is 5.50. The molecule has 1 heterocycles. The number of rotatable bonds is 8. The summed E-state index contributed by atoms with van der Waals surface area (Å²) in [5.74, 6) is 0. The van der Waals surface area contributed by atoms with Gasteiger partial charge in [0.05, 0.1) is 12.7 Å². The van der Waals surface area contributed by atoms with Crippen molar-refractivity contribution < 1.29 is 9.47 Å². The molecule has 1 atom stereocenters. The molecule has 0 amide bonds. The van der Waals surface area contributed by atoms with Crippen molar-refractivity contribution in [2.24, 2.45) is 0 Å². The van der Waals surface area contributed by atoms with Crippen LogP contribution in [0.1, 0.15) is 20.3 Å². The van der Waals surface area contributed by atoms with Crippen molar-refractivity contribution in [1.82, 2.24) is 10.2 Å². The Morgan fingerprint density at radius 3 is 3.06 bits per heavy atom. The molecule has 1 unspecified atom stereocenters. The largest absolute Gasteiger partial charge is 0.382 e. The highest BCUT2D eigenvalue weighted by Crippen LogP contribution is 2.02. The third-order valence-electron chi connectivity index (χ3n) is 2.78. The molecular weight excluding hydrogens is 204 g/mol. The summed E-state index contributed by atoms with van der Waals surface area (Å²) in [5.41, 5.74) is 0. The molecule has 1 N–H and O–H groups in total. The molecule has 0 aromatic carbocycles. The van der Waals surface area contributed by atoms with E-state index in [0.29, 0.717) is 6.10 Å². The summed E-state index contributed by atoms with van der Waals surface area (Å²) < 4.78 is 10.8. The Hall–Kier alpha value is -0.160. The van der Waals surface area contributed by atoms with Gasteiger partial charge in [-0.2, -0.15) is 0 Å². The zero-order valence-electron chi connectivity index (χ0n) is 10.7. The summed E-state index contributed by atoms with van der Waals surface area (Å²) in [6.07, 6.45) is 1.50. The first kappa shape index (κ1) is 13.9. The first-order chi connectivity index (χ1) is 7.83. The first-order valence-electron chi connectivity index (χ1n) is 6.45. The molecule has 1 aliphatic heterocycles. The van der Waals surface area contributed by atoms with Crippen LogP contribution >= 0.6 is 0 Å². The molecule has 0 saturated carbocycles. The van der Waals surface area contributed by atoms with E-state index in [9.17, 15) is 0 Å². The molecule has 16 heavy (non-hydrogen) atoms. The topological polar surface area (TPSA) is 33.7 Å². The van der Waals surface area contributed by atoms with Crippen LogP contribution in [0.2, 0.25) is 0 Å². The molecule has 0 spiro atoms. The lowest BCUT2D eigenvalue weighted by Crippen LogP contribution is -2.44. The molecule has 4 nitrogen and oxygen atoms in total. The fourth-order valence-corrected chi connectivity index (χ4v) is 1.90. The Labute approximate surface area is 99.3 Å². The number of hydrogen-bond acceptors (Lipinski definition) is 4. The van der Waals surface area contributed by atoms with Gasteiger partial charge >= 0.3 is 0 Å². The van der Waals surface area contributed by atoms with E-state index in [1.807, 2.05) is 6.92 Å². The summed E-state index contributed by atoms with van der Waals surface area (Å²) in [5, 5.41) is 3.44. The van der Waals surface area contributed by atoms with Crippen molar-refractivity contribution in [2.75, 3.05) is 52.5 Å². The van der Waals surface area contributed by atoms with E-state index in [1.165, 1.54) is 0 Å². The van der Waals surface area contributed by atoms with Crippen LogP contribution in [-0.4, -0.2) is 63.5 Å². The van der Waals surface area contributed by atoms with Crippen molar-refractivity contribution in [3.05, 3.63) is 0 Å². The monoisotopic (exact) mass is 230 g/mol. The van der Waals surface area contributed by atoms with Gasteiger partial charge in [-0.25, -0.2) is 0 Å². The van der Waals surface area contributed by atoms with Crippen LogP contribution in [0.25, 0.3) is 0 Å². The molecule has 0 bridgehead atoms. The Morgan fingerprint density at radius 2 is 2.31 bits per heavy atom. The van der Waals surface area contributed by atoms with Crippen molar-refractivity contribution in [2.45, 2.75) is 26.4 Å². The van der Waals surface area contributed by atoms with Gasteiger partial charge in [-0.05, 0) is 26.8 Å². The lowest BCUT2D eigenvalue weighted by Gasteiger charge is -2.31. The Balaban J connectivity index is 1.86. The van der Waals surface area contributed by atoms with E-state index in [0.717, 1.165) is 59.0 Å². The minimum atomic E-state index is 0.395. The van der Waals surface area contributed by atoms with Gasteiger partial charge in [-0.15, -0.1) is 0 Å². The van der Waals surface area contributed by atoms with Gasteiger partial charge in [0.2, 0.25) is 0 Å². The SMILES string of the molecule is CCOCCCNCCN1CCOC(C)C1. The normalized spacial score (nSPS) is 22.5. The van der Waals surface area contributed by atoms with E-state index in [1.54, 1.807) is 0 Å². The fourth-order valence-electron chi connectivity index (χ4n) is 1.90. The molecule has 1 rings (SSSR count). The highest BCUT2D eigenvalue weighted by molar-refractivity contribution is 4.68. The number of nitrogens with one attached hydrogen (secondary N) is 1.